The molecule has 1 aromatic rings. The first-order valence-electron chi connectivity index (χ1n) is 10.7. The number of carbonyl (C=O) groups is 1. The number of piperidine rings is 2. The van der Waals surface area contributed by atoms with Crippen LogP contribution in [0, 0.1) is 11.8 Å². The molecule has 30 heavy (non-hydrogen) atoms. The fourth-order valence-corrected chi connectivity index (χ4v) is 6.23. The van der Waals surface area contributed by atoms with Crippen molar-refractivity contribution in [3.05, 3.63) is 39.4 Å². The Hall–Kier alpha value is -1.38. The number of aliphatic hydroxyl groups is 3. The maximum absolute atomic E-state index is 12.4. The van der Waals surface area contributed by atoms with Gasteiger partial charge in [-0.1, -0.05) is 35.4 Å². The molecule has 0 radical (unpaired) electrons. The summed E-state index contributed by atoms with van der Waals surface area (Å²) in [5.41, 5.74) is 2.35. The molecule has 0 bridgehead atoms. The van der Waals surface area contributed by atoms with E-state index in [2.05, 4.69) is 27.8 Å². The molecule has 4 rings (SSSR count). The molecular formula is C23H29BrN2O4. The number of rotatable bonds is 5. The van der Waals surface area contributed by atoms with Crippen molar-refractivity contribution < 1.29 is 20.1 Å². The van der Waals surface area contributed by atoms with Crippen molar-refractivity contribution in [3.63, 3.8) is 0 Å². The Morgan fingerprint density at radius 3 is 2.80 bits per heavy atom. The Morgan fingerprint density at radius 2 is 2.17 bits per heavy atom. The molecule has 1 aromatic carbocycles. The average Bonchev–Trinajstić information content (AvgIpc) is 3.05. The third kappa shape index (κ3) is 3.31. The number of aliphatic imine (C=N–C) groups is 1. The zero-order valence-electron chi connectivity index (χ0n) is 17.4. The summed E-state index contributed by atoms with van der Waals surface area (Å²) in [4.78, 5) is 19.7. The Bertz CT molecular complexity index is 928. The van der Waals surface area contributed by atoms with E-state index in [-0.39, 0.29) is 24.3 Å². The summed E-state index contributed by atoms with van der Waals surface area (Å²) in [6.45, 7) is 4.93. The number of carbonyl (C=O) groups excluding carboxylic acids is 1. The Kier molecular flexibility index (Phi) is 6.03. The molecular weight excluding hydrogens is 448 g/mol. The van der Waals surface area contributed by atoms with E-state index in [1.165, 1.54) is 0 Å². The molecule has 6 nitrogen and oxygen atoms in total. The molecule has 0 aliphatic carbocycles. The quantitative estimate of drug-likeness (QED) is 0.568. The largest absolute Gasteiger partial charge is 0.392 e. The zero-order chi connectivity index (χ0) is 21.6. The van der Waals surface area contributed by atoms with Crippen molar-refractivity contribution >= 4 is 33.1 Å². The second kappa shape index (κ2) is 8.28. The van der Waals surface area contributed by atoms with Crippen LogP contribution in [-0.4, -0.2) is 57.5 Å². The van der Waals surface area contributed by atoms with Crippen molar-refractivity contribution in [1.82, 2.24) is 4.90 Å². The van der Waals surface area contributed by atoms with Gasteiger partial charge in [-0.25, -0.2) is 0 Å². The third-order valence-corrected chi connectivity index (χ3v) is 7.60. The first kappa shape index (κ1) is 21.8. The summed E-state index contributed by atoms with van der Waals surface area (Å²) >= 11 is 3.48. The van der Waals surface area contributed by atoms with Crippen LogP contribution < -0.4 is 0 Å². The summed E-state index contributed by atoms with van der Waals surface area (Å²) in [5.74, 6) is 0.128. The number of fused-ring (bicyclic) bond motifs is 5. The van der Waals surface area contributed by atoms with Crippen LogP contribution in [0.1, 0.15) is 44.2 Å². The number of nitrogens with zero attached hydrogens (tertiary/aromatic N) is 2. The second-order valence-corrected chi connectivity index (χ2v) is 9.49. The van der Waals surface area contributed by atoms with Crippen LogP contribution in [0.5, 0.6) is 0 Å². The molecule has 0 amide bonds. The van der Waals surface area contributed by atoms with Crippen LogP contribution in [-0.2, 0) is 17.0 Å². The average molecular weight is 477 g/mol. The van der Waals surface area contributed by atoms with E-state index < -0.39 is 12.2 Å². The van der Waals surface area contributed by atoms with E-state index in [1.54, 1.807) is 0 Å². The van der Waals surface area contributed by atoms with Crippen LogP contribution >= 0.6 is 15.9 Å². The fourth-order valence-electron chi connectivity index (χ4n) is 5.73. The van der Waals surface area contributed by atoms with Crippen molar-refractivity contribution in [2.45, 2.75) is 51.4 Å². The summed E-state index contributed by atoms with van der Waals surface area (Å²) in [6, 6.07) is 3.66. The van der Waals surface area contributed by atoms with Crippen molar-refractivity contribution in [1.29, 1.82) is 0 Å². The normalized spacial score (nSPS) is 31.1. The smallest absolute Gasteiger partial charge is 0.184 e. The lowest BCUT2D eigenvalue weighted by atomic mass is 9.69. The van der Waals surface area contributed by atoms with Crippen LogP contribution in [0.2, 0.25) is 0 Å². The molecule has 3 aliphatic rings. The molecule has 2 saturated heterocycles. The minimum absolute atomic E-state index is 0.0266. The molecule has 7 heteroatoms. The fraction of sp³-hybridized carbons (Fsp3) is 0.565. The zero-order valence-corrected chi connectivity index (χ0v) is 19.0. The lowest BCUT2D eigenvalue weighted by Crippen LogP contribution is -2.60. The minimum Gasteiger partial charge on any atom is -0.392 e. The first-order chi connectivity index (χ1) is 14.4. The minimum atomic E-state index is -1.18. The predicted octanol–water partition coefficient (Wildman–Crippen LogP) is 2.84. The predicted molar refractivity (Wildman–Crippen MR) is 119 cm³/mol. The maximum Gasteiger partial charge on any atom is 0.184 e. The van der Waals surface area contributed by atoms with E-state index in [4.69, 9.17) is 4.99 Å². The molecule has 162 valence electrons. The van der Waals surface area contributed by atoms with Crippen molar-refractivity contribution in [2.75, 3.05) is 19.7 Å². The summed E-state index contributed by atoms with van der Waals surface area (Å²) in [6.07, 6.45) is 4.01. The van der Waals surface area contributed by atoms with E-state index in [0.717, 1.165) is 35.3 Å². The number of hydrogen-bond donors (Lipinski definition) is 3. The van der Waals surface area contributed by atoms with Crippen molar-refractivity contribution in [3.8, 4) is 0 Å². The van der Waals surface area contributed by atoms with Gasteiger partial charge in [0, 0.05) is 23.1 Å². The standard InChI is InChI=1S/C23H29BrN2O4/c1-3-13-10-26-6-5-23(30)21-14(11-27)7-15(24)8-18(21)25-22(23)19(26)9-17(13)16(4-2)20(29)12-28/h4,7-8,13,17,19,27-28,30H,3,5-6,9-12H2,1-2H3/b16-4+/t13-,17+,19+,23+/m1/s1. The highest BCUT2D eigenvalue weighted by atomic mass is 79.9. The molecule has 2 fully saturated rings. The summed E-state index contributed by atoms with van der Waals surface area (Å²) in [7, 11) is 0. The number of hydrogen-bond acceptors (Lipinski definition) is 6. The highest BCUT2D eigenvalue weighted by Crippen LogP contribution is 2.50. The van der Waals surface area contributed by atoms with Gasteiger partial charge in [-0.2, -0.15) is 0 Å². The molecule has 3 N–H and O–H groups in total. The van der Waals surface area contributed by atoms with Crippen LogP contribution in [0.15, 0.2) is 33.2 Å². The van der Waals surface area contributed by atoms with Crippen LogP contribution in [0.3, 0.4) is 0 Å². The molecule has 0 aromatic heterocycles. The number of aliphatic hydroxyl groups excluding tert-OH is 2. The molecule has 0 spiro atoms. The van der Waals surface area contributed by atoms with Crippen LogP contribution in [0.4, 0.5) is 5.69 Å². The highest BCUT2D eigenvalue weighted by molar-refractivity contribution is 9.10. The SMILES string of the molecule is C/C=C(/C(=O)CO)[C@H]1C[C@H]2C3=Nc4cc(Br)cc(CO)c4[C@@]3(O)CCN2C[C@H]1CC. The first-order valence-corrected chi connectivity index (χ1v) is 11.5. The van der Waals surface area contributed by atoms with E-state index in [9.17, 15) is 20.1 Å². The molecule has 4 atom stereocenters. The molecule has 3 heterocycles. The molecule has 3 aliphatic heterocycles. The molecule has 0 saturated carbocycles. The number of ketones is 1. The lowest BCUT2D eigenvalue weighted by molar-refractivity contribution is -0.119. The van der Waals surface area contributed by atoms with Gasteiger partial charge in [0.15, 0.2) is 5.78 Å². The van der Waals surface area contributed by atoms with Gasteiger partial charge in [0.25, 0.3) is 0 Å². The second-order valence-electron chi connectivity index (χ2n) is 8.57. The Morgan fingerprint density at radius 1 is 1.40 bits per heavy atom. The Labute approximate surface area is 185 Å². The highest BCUT2D eigenvalue weighted by Gasteiger charge is 2.53. The van der Waals surface area contributed by atoms with Gasteiger partial charge in [0.2, 0.25) is 0 Å². The summed E-state index contributed by atoms with van der Waals surface area (Å²) in [5, 5.41) is 31.1. The van der Waals surface area contributed by atoms with Gasteiger partial charge in [0.1, 0.15) is 12.2 Å². The van der Waals surface area contributed by atoms with Crippen LogP contribution in [0.25, 0.3) is 0 Å². The molecule has 0 unspecified atom stereocenters. The van der Waals surface area contributed by atoms with Gasteiger partial charge in [-0.3, -0.25) is 14.7 Å². The Balaban J connectivity index is 1.74. The number of allylic oxidation sites excluding steroid dienone is 1. The van der Waals surface area contributed by atoms with E-state index >= 15 is 0 Å². The number of halogens is 1. The third-order valence-electron chi connectivity index (χ3n) is 7.15. The van der Waals surface area contributed by atoms with Gasteiger partial charge in [-0.15, -0.1) is 0 Å². The number of Topliss-reactive ketones (excluding diaryl/α,β-unsaturated/α-hetero) is 1. The maximum atomic E-state index is 12.4. The lowest BCUT2D eigenvalue weighted by Gasteiger charge is -2.50. The van der Waals surface area contributed by atoms with Gasteiger partial charge in [0.05, 0.1) is 24.0 Å². The van der Waals surface area contributed by atoms with Crippen molar-refractivity contribution in [2.24, 2.45) is 16.8 Å². The van der Waals surface area contributed by atoms with E-state index in [1.807, 2.05) is 25.1 Å². The monoisotopic (exact) mass is 476 g/mol. The summed E-state index contributed by atoms with van der Waals surface area (Å²) < 4.78 is 0.825. The van der Waals surface area contributed by atoms with Gasteiger partial charge < -0.3 is 15.3 Å². The number of benzene rings is 1. The van der Waals surface area contributed by atoms with Gasteiger partial charge in [-0.05, 0) is 54.9 Å². The topological polar surface area (TPSA) is 93.4 Å². The van der Waals surface area contributed by atoms with E-state index in [0.29, 0.717) is 35.6 Å². The van der Waals surface area contributed by atoms with Gasteiger partial charge >= 0.3 is 0 Å².